The van der Waals surface area contributed by atoms with Gasteiger partial charge in [-0.2, -0.15) is 5.26 Å². The van der Waals surface area contributed by atoms with Crippen LogP contribution in [0.4, 0.5) is 0 Å². The molecule has 4 saturated carbocycles. The van der Waals surface area contributed by atoms with Crippen LogP contribution in [-0.2, 0) is 5.41 Å². The topological polar surface area (TPSA) is 36.7 Å². The molecule has 0 amide bonds. The lowest BCUT2D eigenvalue weighted by Crippen LogP contribution is -2.55. The smallest absolute Gasteiger partial charge is 0.0991 e. The van der Waals surface area contributed by atoms with Crippen LogP contribution in [0.5, 0.6) is 0 Å². The van der Waals surface area contributed by atoms with Crippen LogP contribution < -0.4 is 0 Å². The third-order valence-corrected chi connectivity index (χ3v) is 12.3. The largest absolute Gasteiger partial charge is 0.248 e. The van der Waals surface area contributed by atoms with E-state index in [4.69, 9.17) is 4.98 Å². The third kappa shape index (κ3) is 4.07. The minimum atomic E-state index is 0.0499. The number of aromatic nitrogens is 1. The van der Waals surface area contributed by atoms with Crippen molar-refractivity contribution in [3.8, 4) is 62.0 Å². The van der Waals surface area contributed by atoms with Gasteiger partial charge in [0.1, 0.15) is 0 Å². The van der Waals surface area contributed by atoms with Gasteiger partial charge in [-0.25, -0.2) is 4.98 Å². The van der Waals surface area contributed by atoms with Gasteiger partial charge in [0, 0.05) is 16.5 Å². The highest BCUT2D eigenvalue weighted by Crippen LogP contribution is 2.70. The summed E-state index contributed by atoms with van der Waals surface area (Å²) in [5.41, 5.74) is 15.9. The maximum Gasteiger partial charge on any atom is 0.0991 e. The van der Waals surface area contributed by atoms with Gasteiger partial charge in [0.05, 0.1) is 23.0 Å². The average Bonchev–Trinajstić information content (AvgIpc) is 3.44. The molecule has 2 nitrogen and oxygen atoms in total. The first-order valence-electron chi connectivity index (χ1n) is 17.6. The lowest BCUT2D eigenvalue weighted by atomic mass is 9.43. The van der Waals surface area contributed by atoms with Crippen LogP contribution in [0.25, 0.3) is 55.9 Å². The van der Waals surface area contributed by atoms with Crippen LogP contribution >= 0.6 is 0 Å². The molecule has 6 aromatic rings. The number of nitriles is 1. The fraction of sp³-hybridized carbons (Fsp3) is 0.217. The number of rotatable bonds is 4. The number of hydrogen-bond acceptors (Lipinski definition) is 2. The van der Waals surface area contributed by atoms with E-state index >= 15 is 0 Å². The number of nitrogens with zero attached hydrogens (tertiary/aromatic N) is 2. The molecule has 5 aliphatic rings. The fourth-order valence-electron chi connectivity index (χ4n) is 10.6. The predicted octanol–water partition coefficient (Wildman–Crippen LogP) is 11.3. The van der Waals surface area contributed by atoms with E-state index in [0.29, 0.717) is 17.4 Å². The van der Waals surface area contributed by atoms with Gasteiger partial charge in [-0.15, -0.1) is 0 Å². The molecule has 1 heterocycles. The highest BCUT2D eigenvalue weighted by molar-refractivity contribution is 5.94. The van der Waals surface area contributed by atoms with Crippen LogP contribution in [0.15, 0.2) is 133 Å². The second-order valence-electron chi connectivity index (χ2n) is 14.7. The van der Waals surface area contributed by atoms with Crippen molar-refractivity contribution < 1.29 is 0 Å². The average molecular weight is 617 g/mol. The van der Waals surface area contributed by atoms with Gasteiger partial charge in [0.15, 0.2) is 0 Å². The van der Waals surface area contributed by atoms with Gasteiger partial charge in [0.2, 0.25) is 0 Å². The highest BCUT2D eigenvalue weighted by Gasteiger charge is 2.61. The lowest BCUT2D eigenvalue weighted by Gasteiger charge is -2.61. The van der Waals surface area contributed by atoms with E-state index in [9.17, 15) is 5.26 Å². The molecule has 1 spiro atoms. The van der Waals surface area contributed by atoms with Crippen molar-refractivity contribution in [3.63, 3.8) is 0 Å². The molecule has 0 saturated heterocycles. The summed E-state index contributed by atoms with van der Waals surface area (Å²) in [6, 6.07) is 50.7. The second kappa shape index (κ2) is 10.6. The zero-order chi connectivity index (χ0) is 31.8. The van der Waals surface area contributed by atoms with Crippen LogP contribution in [0.2, 0.25) is 0 Å². The molecule has 0 N–H and O–H groups in total. The summed E-state index contributed by atoms with van der Waals surface area (Å²) in [6.07, 6.45) is 6.84. The van der Waals surface area contributed by atoms with E-state index in [1.54, 1.807) is 11.1 Å². The standard InChI is InChI=1S/C46H36N2/c47-28-29-14-16-32(17-15-29)39-12-7-13-41-45(39)40-19-18-35(25-42(40)46(41)37-21-30-20-31(23-37)24-38(46)22-30)36-26-43(33-8-3-1-4-9-33)48-44(27-36)34-10-5-2-6-11-34/h1-19,25-27,30-31,37-38H,20-24H2. The SMILES string of the molecule is N#Cc1ccc(-c2cccc3c2-c2ccc(-c4cc(-c5ccccc5)nc(-c5ccccc5)c4)cc2C32C3CC4CC(C3)CC2C4)cc1. The van der Waals surface area contributed by atoms with Gasteiger partial charge < -0.3 is 0 Å². The van der Waals surface area contributed by atoms with Gasteiger partial charge in [0.25, 0.3) is 0 Å². The van der Waals surface area contributed by atoms with Crippen molar-refractivity contribution in [2.24, 2.45) is 23.7 Å². The molecule has 4 fully saturated rings. The van der Waals surface area contributed by atoms with E-state index in [1.165, 1.54) is 65.5 Å². The summed E-state index contributed by atoms with van der Waals surface area (Å²) in [6.45, 7) is 0. The van der Waals surface area contributed by atoms with Crippen molar-refractivity contribution >= 4 is 0 Å². The number of pyridine rings is 1. The zero-order valence-electron chi connectivity index (χ0n) is 26.9. The molecule has 5 aromatic carbocycles. The Kier molecular flexibility index (Phi) is 6.16. The van der Waals surface area contributed by atoms with Crippen molar-refractivity contribution in [1.29, 1.82) is 5.26 Å². The van der Waals surface area contributed by atoms with Crippen molar-refractivity contribution in [3.05, 3.63) is 150 Å². The fourth-order valence-corrected chi connectivity index (χ4v) is 10.6. The van der Waals surface area contributed by atoms with Crippen LogP contribution in [0.3, 0.4) is 0 Å². The van der Waals surface area contributed by atoms with E-state index in [-0.39, 0.29) is 5.41 Å². The number of benzene rings is 5. The Labute approximate surface area is 282 Å². The molecule has 0 aliphatic heterocycles. The van der Waals surface area contributed by atoms with Crippen molar-refractivity contribution in [2.75, 3.05) is 0 Å². The lowest BCUT2D eigenvalue weighted by molar-refractivity contribution is -0.0399. The Balaban J connectivity index is 1.20. The first kappa shape index (κ1) is 27.8. The normalized spacial score (nSPS) is 24.3. The van der Waals surface area contributed by atoms with Gasteiger partial charge in [-0.3, -0.25) is 0 Å². The number of hydrogen-bond donors (Lipinski definition) is 0. The molecule has 11 rings (SSSR count). The minimum absolute atomic E-state index is 0.0499. The number of fused-ring (bicyclic) bond motifs is 3. The third-order valence-electron chi connectivity index (χ3n) is 12.3. The Morgan fingerprint density at radius 2 is 1.10 bits per heavy atom. The van der Waals surface area contributed by atoms with Gasteiger partial charge in [-0.05, 0) is 131 Å². The molecule has 1 aromatic heterocycles. The Morgan fingerprint density at radius 3 is 1.71 bits per heavy atom. The molecule has 0 unspecified atom stereocenters. The molecule has 0 atom stereocenters. The van der Waals surface area contributed by atoms with Gasteiger partial charge >= 0.3 is 0 Å². The molecular weight excluding hydrogens is 581 g/mol. The maximum atomic E-state index is 9.50. The quantitative estimate of drug-likeness (QED) is 0.198. The molecule has 0 radical (unpaired) electrons. The van der Waals surface area contributed by atoms with Crippen molar-refractivity contribution in [2.45, 2.75) is 37.5 Å². The summed E-state index contributed by atoms with van der Waals surface area (Å²) in [5, 5.41) is 9.50. The monoisotopic (exact) mass is 616 g/mol. The minimum Gasteiger partial charge on any atom is -0.248 e. The highest BCUT2D eigenvalue weighted by atomic mass is 14.7. The van der Waals surface area contributed by atoms with Crippen LogP contribution in [0.1, 0.15) is 48.8 Å². The predicted molar refractivity (Wildman–Crippen MR) is 194 cm³/mol. The Bertz CT molecular complexity index is 2160. The Hall–Kier alpha value is -5.26. The molecular formula is C46H36N2. The summed E-state index contributed by atoms with van der Waals surface area (Å²) >= 11 is 0. The molecule has 4 bridgehead atoms. The molecule has 2 heteroatoms. The molecule has 48 heavy (non-hydrogen) atoms. The Morgan fingerprint density at radius 1 is 0.500 bits per heavy atom. The maximum absolute atomic E-state index is 9.50. The molecule has 230 valence electrons. The van der Waals surface area contributed by atoms with E-state index < -0.39 is 0 Å². The van der Waals surface area contributed by atoms with E-state index in [2.05, 4.69) is 127 Å². The second-order valence-corrected chi connectivity index (χ2v) is 14.7. The van der Waals surface area contributed by atoms with E-state index in [0.717, 1.165) is 34.4 Å². The summed E-state index contributed by atoms with van der Waals surface area (Å²) in [7, 11) is 0. The first-order chi connectivity index (χ1) is 23.7. The van der Waals surface area contributed by atoms with Crippen LogP contribution in [0, 0.1) is 35.0 Å². The van der Waals surface area contributed by atoms with Crippen LogP contribution in [-0.4, -0.2) is 4.98 Å². The zero-order valence-corrected chi connectivity index (χ0v) is 26.9. The van der Waals surface area contributed by atoms with Gasteiger partial charge in [-0.1, -0.05) is 103 Å². The summed E-state index contributed by atoms with van der Waals surface area (Å²) < 4.78 is 0. The van der Waals surface area contributed by atoms with E-state index in [1.807, 2.05) is 12.1 Å². The summed E-state index contributed by atoms with van der Waals surface area (Å²) in [5.74, 6) is 3.13. The molecule has 5 aliphatic carbocycles. The summed E-state index contributed by atoms with van der Waals surface area (Å²) in [4.78, 5) is 5.18. The first-order valence-corrected chi connectivity index (χ1v) is 17.6. The van der Waals surface area contributed by atoms with Crippen molar-refractivity contribution in [1.82, 2.24) is 4.98 Å².